The highest BCUT2D eigenvalue weighted by Crippen LogP contribution is 2.37. The summed E-state index contributed by atoms with van der Waals surface area (Å²) in [6, 6.07) is 6.27. The summed E-state index contributed by atoms with van der Waals surface area (Å²) in [5.41, 5.74) is 9.91. The molecule has 1 saturated heterocycles. The number of aliphatic hydroxyl groups excluding tert-OH is 1. The fourth-order valence-electron chi connectivity index (χ4n) is 12.4. The minimum Gasteiger partial charge on any atom is -0.464 e. The number of fused-ring (bicyclic) bond motifs is 2. The first-order valence-electron chi connectivity index (χ1n) is 41.1. The molecule has 2 aromatic carbocycles. The fraction of sp³-hybridized carbons (Fsp3) is 0.600. The van der Waals surface area contributed by atoms with Gasteiger partial charge in [-0.2, -0.15) is 33.2 Å². The van der Waals surface area contributed by atoms with Crippen LogP contribution in [0.2, 0.25) is 0 Å². The molecule has 1 unspecified atom stereocenters. The van der Waals surface area contributed by atoms with Gasteiger partial charge in [0.15, 0.2) is 5.71 Å². The molecule has 126 heavy (non-hydrogen) atoms. The molecule has 2 aromatic rings. The number of hydrogen-bond acceptors (Lipinski definition) is 31. The summed E-state index contributed by atoms with van der Waals surface area (Å²) < 4.78 is 122. The number of aliphatic hydroxyl groups is 1. The van der Waals surface area contributed by atoms with Crippen LogP contribution in [0.1, 0.15) is 89.2 Å². The number of anilines is 1. The zero-order valence-electron chi connectivity index (χ0n) is 70.9. The number of hydrogen-bond donors (Lipinski definition) is 12. The van der Waals surface area contributed by atoms with Gasteiger partial charge in [-0.1, -0.05) is 24.6 Å². The Morgan fingerprint density at radius 3 is 1.69 bits per heavy atom. The molecule has 3 heterocycles. The number of likely N-dealkylation sites (tertiary alicyclic amines) is 1. The quantitative estimate of drug-likeness (QED) is 0.00674. The lowest BCUT2D eigenvalue weighted by Crippen LogP contribution is -2.54. The van der Waals surface area contributed by atoms with Gasteiger partial charge in [0.1, 0.15) is 57.8 Å². The number of primary amides is 1. The Kier molecular flexibility index (Phi) is 52.0. The van der Waals surface area contributed by atoms with Gasteiger partial charge in [0.25, 0.3) is 26.7 Å². The topological polar surface area (TPSA) is 575 Å². The van der Waals surface area contributed by atoms with Crippen LogP contribution in [0.3, 0.4) is 0 Å². The molecular weight excluding hydrogens is 1740 g/mol. The van der Waals surface area contributed by atoms with Crippen molar-refractivity contribution in [2.45, 2.75) is 124 Å². The van der Waals surface area contributed by atoms with E-state index in [2.05, 4.69) is 52.0 Å². The SMILES string of the molecule is CC[N+]1=C(/C=C/C=C/C=C2\Cc3cc(S(=O)(=O)O)ccc3N2CCCCCC(=O)NCCN2C(=O)CC(SCCC(=O)NCCCOCCOCCOCCCNC(=O)COCC(=O)N[C@@H](CSC[C@@H](COC=O)OC(C)=O)C(=O)NCC(=O)N[C@H](CO)C(=O)NCCCOCCOCCOCCCNC(=O)COCC(N)=O)C2=O)Cc2cc(S(=O)(=O)O)ccc21. The van der Waals surface area contributed by atoms with E-state index in [9.17, 15) is 93.4 Å². The third kappa shape index (κ3) is 43.9. The number of amides is 11. The molecule has 0 spiro atoms. The minimum absolute atomic E-state index is 0.00960. The average Bonchev–Trinajstić information content (AvgIpc) is 1.64. The molecule has 4 atom stereocenters. The van der Waals surface area contributed by atoms with Crippen molar-refractivity contribution in [3.63, 3.8) is 0 Å². The summed E-state index contributed by atoms with van der Waals surface area (Å²) in [5.74, 6) is -6.55. The van der Waals surface area contributed by atoms with E-state index in [1.165, 1.54) is 36.0 Å². The fourth-order valence-corrected chi connectivity index (χ4v) is 15.6. The maximum atomic E-state index is 13.4. The molecule has 0 bridgehead atoms. The van der Waals surface area contributed by atoms with E-state index in [0.29, 0.717) is 123 Å². The number of thioether (sulfide) groups is 2. The Balaban J connectivity index is 0.843. The number of imide groups is 1. The highest BCUT2D eigenvalue weighted by atomic mass is 32.2. The van der Waals surface area contributed by atoms with Crippen LogP contribution in [-0.4, -0.2) is 342 Å². The number of nitrogens with two attached hydrogens (primary N) is 1. The first-order valence-corrected chi connectivity index (χ1v) is 46.2. The van der Waals surface area contributed by atoms with Gasteiger partial charge >= 0.3 is 5.97 Å². The van der Waals surface area contributed by atoms with E-state index in [0.717, 1.165) is 57.5 Å². The first kappa shape index (κ1) is 107. The highest BCUT2D eigenvalue weighted by molar-refractivity contribution is 8.00. The number of esters is 1. The van der Waals surface area contributed by atoms with Crippen molar-refractivity contribution in [2.75, 3.05) is 200 Å². The van der Waals surface area contributed by atoms with E-state index >= 15 is 0 Å². The molecule has 3 aliphatic rings. The predicted octanol–water partition coefficient (Wildman–Crippen LogP) is -1.61. The van der Waals surface area contributed by atoms with Crippen molar-refractivity contribution in [3.8, 4) is 0 Å². The van der Waals surface area contributed by atoms with E-state index in [1.807, 2.05) is 37.3 Å². The second-order valence-electron chi connectivity index (χ2n) is 28.3. The second-order valence-corrected chi connectivity index (χ2v) is 33.5. The minimum atomic E-state index is -4.44. The zero-order valence-corrected chi connectivity index (χ0v) is 74.1. The number of nitrogens with zero attached hydrogens (tertiary/aromatic N) is 3. The van der Waals surface area contributed by atoms with Crippen molar-refractivity contribution < 1.29 is 145 Å². The van der Waals surface area contributed by atoms with Crippen LogP contribution >= 0.6 is 23.5 Å². The third-order valence-corrected chi connectivity index (χ3v) is 22.5. The zero-order chi connectivity index (χ0) is 91.9. The van der Waals surface area contributed by atoms with Crippen LogP contribution < -0.4 is 53.2 Å². The molecular formula is C80H119N12O30S4+. The molecule has 1 fully saturated rings. The lowest BCUT2D eigenvalue weighted by molar-refractivity contribution is -0.432. The van der Waals surface area contributed by atoms with Gasteiger partial charge in [-0.3, -0.25) is 76.3 Å². The Morgan fingerprint density at radius 2 is 1.11 bits per heavy atom. The van der Waals surface area contributed by atoms with Crippen molar-refractivity contribution >= 4 is 138 Å². The molecule has 13 N–H and O–H groups in total. The summed E-state index contributed by atoms with van der Waals surface area (Å²) in [7, 11) is -8.80. The van der Waals surface area contributed by atoms with Crippen molar-refractivity contribution in [3.05, 3.63) is 83.6 Å². The van der Waals surface area contributed by atoms with Crippen molar-refractivity contribution in [1.29, 1.82) is 0 Å². The van der Waals surface area contributed by atoms with Crippen LogP contribution in [0.5, 0.6) is 0 Å². The molecule has 0 aromatic heterocycles. The molecule has 3 aliphatic heterocycles. The van der Waals surface area contributed by atoms with Gasteiger partial charge in [-0.25, -0.2) is 0 Å². The Labute approximate surface area is 740 Å². The lowest BCUT2D eigenvalue weighted by Gasteiger charge is -2.21. The van der Waals surface area contributed by atoms with Crippen LogP contribution in [0.25, 0.3) is 0 Å². The Hall–Kier alpha value is -9.40. The monoisotopic (exact) mass is 1860 g/mol. The molecule has 42 nitrogen and oxygen atoms in total. The van der Waals surface area contributed by atoms with Gasteiger partial charge < -0.3 is 106 Å². The first-order chi connectivity index (χ1) is 60.5. The van der Waals surface area contributed by atoms with Crippen molar-refractivity contribution in [1.82, 2.24) is 47.4 Å². The predicted molar refractivity (Wildman–Crippen MR) is 458 cm³/mol. The van der Waals surface area contributed by atoms with Crippen molar-refractivity contribution in [2.24, 2.45) is 5.73 Å². The largest absolute Gasteiger partial charge is 0.464 e. The van der Waals surface area contributed by atoms with Gasteiger partial charge in [0.2, 0.25) is 70.7 Å². The third-order valence-electron chi connectivity index (χ3n) is 18.4. The number of unbranched alkanes of at least 4 members (excludes halogenated alkanes) is 2. The van der Waals surface area contributed by atoms with E-state index < -0.39 is 111 Å². The summed E-state index contributed by atoms with van der Waals surface area (Å²) in [4.78, 5) is 163. The number of rotatable bonds is 70. The van der Waals surface area contributed by atoms with E-state index in [4.69, 9.17) is 53.1 Å². The normalized spacial score (nSPS) is 14.8. The molecule has 0 saturated carbocycles. The van der Waals surface area contributed by atoms with Gasteiger partial charge in [0.05, 0.1) is 87.5 Å². The molecule has 702 valence electrons. The molecule has 0 radical (unpaired) electrons. The summed E-state index contributed by atoms with van der Waals surface area (Å²) >= 11 is 2.25. The average molecular weight is 1860 g/mol. The summed E-state index contributed by atoms with van der Waals surface area (Å²) in [6.45, 7) is 5.59. The molecule has 0 aliphatic carbocycles. The van der Waals surface area contributed by atoms with E-state index in [-0.39, 0.29) is 169 Å². The number of ether oxygens (including phenoxy) is 10. The highest BCUT2D eigenvalue weighted by Gasteiger charge is 2.39. The number of carbonyl (C=O) groups is 13. The Morgan fingerprint density at radius 1 is 0.571 bits per heavy atom. The number of benzene rings is 2. The van der Waals surface area contributed by atoms with E-state index in [1.54, 1.807) is 12.1 Å². The van der Waals surface area contributed by atoms with Crippen LogP contribution in [0.4, 0.5) is 11.4 Å². The summed E-state index contributed by atoms with van der Waals surface area (Å²) in [6.07, 6.45) is 13.5. The maximum Gasteiger partial charge on any atom is 0.303 e. The van der Waals surface area contributed by atoms with Crippen LogP contribution in [0.15, 0.2) is 82.3 Å². The standard InChI is InChI=1S/C80H118N12O30S4/c1-3-90-60(42-58-44-63(125(107,108)109)17-19-67(58)90)14-6-4-7-15-61-43-59-45-64(126(110,111)112)18-20-68(59)91(61)27-9-5-8-16-71(97)85-26-28-92-77(103)46-69(80(92)106)124-41-21-72(98)82-22-10-29-113-33-37-117-38-34-115-31-12-24-84-75(101)52-120-53-76(102)89-66(55-123-54-62(49-121-56-94)122-57(2)95)79(105)87-47-73(99)88-65(48-93)78(104)86-25-13-32-116-36-40-118-39-35-114-30-11-23-83-74(100)51-119-50-70(81)96/h4,6-7,14-15,17-20,44-45,56,62,65-66,69,93H,3,5,8-13,16,21-43,46-55H2,1-2H3,(H11-,81,82,83,84,85,86,87,88,89,96,97,98,99,100,101,102,104,105,107,108,109,110,111,112)/p+1/t62-,65-,66+,69?/m1/s1. The molecule has 11 amide bonds. The number of carbonyl (C=O) groups excluding carboxylic acids is 13. The molecule has 46 heteroatoms. The molecule has 5 rings (SSSR count). The second kappa shape index (κ2) is 61.1. The van der Waals surface area contributed by atoms with Gasteiger partial charge in [-0.15, -0.1) is 11.8 Å². The maximum absolute atomic E-state index is 13.4. The lowest BCUT2D eigenvalue weighted by atomic mass is 10.1. The van der Waals surface area contributed by atoms with Crippen LogP contribution in [-0.2, 0) is 143 Å². The van der Waals surface area contributed by atoms with Crippen LogP contribution in [0, 0.1) is 0 Å². The summed E-state index contributed by atoms with van der Waals surface area (Å²) in [5, 5.41) is 29.8. The van der Waals surface area contributed by atoms with Gasteiger partial charge in [-0.05, 0) is 87.4 Å². The van der Waals surface area contributed by atoms with Gasteiger partial charge in [0, 0.05) is 151 Å². The Bertz CT molecular complexity index is 4250. The number of allylic oxidation sites excluding steroid dienone is 6. The number of nitrogens with one attached hydrogen (secondary N) is 8. The smallest absolute Gasteiger partial charge is 0.303 e.